The second-order valence-electron chi connectivity index (χ2n) is 6.42. The van der Waals surface area contributed by atoms with E-state index in [1.165, 1.54) is 6.08 Å². The molecule has 2 heterocycles. The fourth-order valence-corrected chi connectivity index (χ4v) is 3.34. The lowest BCUT2D eigenvalue weighted by Gasteiger charge is -2.15. The number of carbonyl (C=O) groups is 3. The molecule has 2 aromatic carbocycles. The highest BCUT2D eigenvalue weighted by molar-refractivity contribution is 6.31. The summed E-state index contributed by atoms with van der Waals surface area (Å²) < 4.78 is 2.07. The number of urea groups is 1. The van der Waals surface area contributed by atoms with Gasteiger partial charge in [0.25, 0.3) is 11.8 Å². The normalized spacial score (nSPS) is 13.9. The Bertz CT molecular complexity index is 1090. The van der Waals surface area contributed by atoms with Gasteiger partial charge in [0.2, 0.25) is 0 Å². The van der Waals surface area contributed by atoms with Gasteiger partial charge in [-0.05, 0) is 36.8 Å². The van der Waals surface area contributed by atoms with Gasteiger partial charge in [0.15, 0.2) is 0 Å². The van der Waals surface area contributed by atoms with Crippen LogP contribution in [-0.4, -0.2) is 22.4 Å². The summed E-state index contributed by atoms with van der Waals surface area (Å²) in [5, 5.41) is 4.21. The van der Waals surface area contributed by atoms with Gasteiger partial charge in [0.1, 0.15) is 5.57 Å². The first kappa shape index (κ1) is 17.5. The first-order chi connectivity index (χ1) is 13.5. The standard InChI is InChI=1S/C22H17N3O3/c1-14-12-16(13-18-20(26)23-22(28)24-21(18)27)19(15-8-4-2-5-9-15)25(14)17-10-6-3-7-11-17/h2-13H,1H3,(H2,23,24,26,27,28). The van der Waals surface area contributed by atoms with Crippen LogP contribution in [-0.2, 0) is 9.59 Å². The molecule has 0 aliphatic carbocycles. The van der Waals surface area contributed by atoms with E-state index in [1.807, 2.05) is 73.7 Å². The molecule has 1 aromatic heterocycles. The number of rotatable bonds is 3. The van der Waals surface area contributed by atoms with Crippen molar-refractivity contribution in [1.82, 2.24) is 15.2 Å². The number of aromatic nitrogens is 1. The maximum Gasteiger partial charge on any atom is 0.328 e. The van der Waals surface area contributed by atoms with Crippen molar-refractivity contribution in [3.05, 3.63) is 83.6 Å². The van der Waals surface area contributed by atoms with Gasteiger partial charge >= 0.3 is 6.03 Å². The monoisotopic (exact) mass is 371 g/mol. The quantitative estimate of drug-likeness (QED) is 0.548. The molecule has 0 radical (unpaired) electrons. The zero-order valence-electron chi connectivity index (χ0n) is 15.1. The summed E-state index contributed by atoms with van der Waals surface area (Å²) in [7, 11) is 0. The van der Waals surface area contributed by atoms with E-state index in [9.17, 15) is 14.4 Å². The molecule has 138 valence electrons. The van der Waals surface area contributed by atoms with Crippen LogP contribution >= 0.6 is 0 Å². The van der Waals surface area contributed by atoms with Gasteiger partial charge < -0.3 is 4.57 Å². The van der Waals surface area contributed by atoms with E-state index in [-0.39, 0.29) is 5.57 Å². The van der Waals surface area contributed by atoms with Crippen LogP contribution in [0.3, 0.4) is 0 Å². The molecule has 0 atom stereocenters. The maximum absolute atomic E-state index is 12.2. The summed E-state index contributed by atoms with van der Waals surface area (Å²) >= 11 is 0. The molecule has 6 heteroatoms. The molecule has 1 aliphatic rings. The van der Waals surface area contributed by atoms with Crippen molar-refractivity contribution in [2.75, 3.05) is 0 Å². The van der Waals surface area contributed by atoms with E-state index in [0.29, 0.717) is 5.56 Å². The third-order valence-electron chi connectivity index (χ3n) is 4.52. The van der Waals surface area contributed by atoms with Crippen molar-refractivity contribution in [2.45, 2.75) is 6.92 Å². The molecular weight excluding hydrogens is 354 g/mol. The van der Waals surface area contributed by atoms with Crippen LogP contribution in [0.15, 0.2) is 72.3 Å². The Morgan fingerprint density at radius 1 is 0.821 bits per heavy atom. The van der Waals surface area contributed by atoms with Crippen LogP contribution in [0.1, 0.15) is 11.3 Å². The molecule has 3 aromatic rings. The average molecular weight is 371 g/mol. The van der Waals surface area contributed by atoms with Crippen LogP contribution in [0.25, 0.3) is 23.0 Å². The van der Waals surface area contributed by atoms with E-state index in [0.717, 1.165) is 22.6 Å². The van der Waals surface area contributed by atoms with Crippen LogP contribution in [0.4, 0.5) is 4.79 Å². The van der Waals surface area contributed by atoms with Gasteiger partial charge in [-0.2, -0.15) is 0 Å². The number of carbonyl (C=O) groups excluding carboxylic acids is 3. The molecule has 1 saturated heterocycles. The maximum atomic E-state index is 12.2. The summed E-state index contributed by atoms with van der Waals surface area (Å²) in [4.78, 5) is 35.6. The number of aryl methyl sites for hydroxylation is 1. The van der Waals surface area contributed by atoms with Crippen molar-refractivity contribution < 1.29 is 14.4 Å². The van der Waals surface area contributed by atoms with Crippen molar-refractivity contribution in [3.63, 3.8) is 0 Å². The molecule has 1 aliphatic heterocycles. The van der Waals surface area contributed by atoms with Gasteiger partial charge in [0, 0.05) is 16.9 Å². The van der Waals surface area contributed by atoms with E-state index in [2.05, 4.69) is 15.2 Å². The van der Waals surface area contributed by atoms with Crippen LogP contribution in [0.2, 0.25) is 0 Å². The molecule has 0 saturated carbocycles. The van der Waals surface area contributed by atoms with Crippen LogP contribution in [0, 0.1) is 6.92 Å². The second-order valence-corrected chi connectivity index (χ2v) is 6.42. The summed E-state index contributed by atoms with van der Waals surface area (Å²) in [6.45, 7) is 1.96. The van der Waals surface area contributed by atoms with Crippen molar-refractivity contribution in [2.24, 2.45) is 0 Å². The lowest BCUT2D eigenvalue weighted by Crippen LogP contribution is -2.51. The number of para-hydroxylation sites is 1. The van der Waals surface area contributed by atoms with Gasteiger partial charge in [-0.1, -0.05) is 48.5 Å². The fourth-order valence-electron chi connectivity index (χ4n) is 3.34. The number of nitrogens with zero attached hydrogens (tertiary/aromatic N) is 1. The molecule has 28 heavy (non-hydrogen) atoms. The molecule has 4 rings (SSSR count). The summed E-state index contributed by atoms with van der Waals surface area (Å²) in [6.07, 6.45) is 1.52. The van der Waals surface area contributed by atoms with E-state index >= 15 is 0 Å². The number of nitrogens with one attached hydrogen (secondary N) is 2. The van der Waals surface area contributed by atoms with Crippen molar-refractivity contribution in [1.29, 1.82) is 0 Å². The number of barbiturate groups is 1. The van der Waals surface area contributed by atoms with E-state index < -0.39 is 17.8 Å². The Labute approximate surface area is 161 Å². The zero-order chi connectivity index (χ0) is 19.7. The van der Waals surface area contributed by atoms with Gasteiger partial charge in [-0.15, -0.1) is 0 Å². The first-order valence-corrected chi connectivity index (χ1v) is 8.76. The van der Waals surface area contributed by atoms with E-state index in [1.54, 1.807) is 0 Å². The smallest absolute Gasteiger partial charge is 0.313 e. The number of hydrogen-bond donors (Lipinski definition) is 2. The van der Waals surface area contributed by atoms with Gasteiger partial charge in [0.05, 0.1) is 5.69 Å². The first-order valence-electron chi connectivity index (χ1n) is 8.76. The zero-order valence-corrected chi connectivity index (χ0v) is 15.1. The van der Waals surface area contributed by atoms with Crippen LogP contribution in [0.5, 0.6) is 0 Å². The molecule has 1 fully saturated rings. The fraction of sp³-hybridized carbons (Fsp3) is 0.0455. The minimum absolute atomic E-state index is 0.109. The molecule has 2 N–H and O–H groups in total. The molecular formula is C22H17N3O3. The van der Waals surface area contributed by atoms with Gasteiger partial charge in [-0.25, -0.2) is 4.79 Å². The highest BCUT2D eigenvalue weighted by Gasteiger charge is 2.28. The SMILES string of the molecule is Cc1cc(C=C2C(=O)NC(=O)NC2=O)c(-c2ccccc2)n1-c1ccccc1. The summed E-state index contributed by atoms with van der Waals surface area (Å²) in [6, 6.07) is 20.7. The number of hydrogen-bond acceptors (Lipinski definition) is 3. The minimum Gasteiger partial charge on any atom is -0.313 e. The van der Waals surface area contributed by atoms with Crippen LogP contribution < -0.4 is 10.6 Å². The lowest BCUT2D eigenvalue weighted by molar-refractivity contribution is -0.123. The Hall–Kier alpha value is -3.93. The number of imide groups is 2. The minimum atomic E-state index is -0.812. The Kier molecular flexibility index (Phi) is 4.37. The number of benzene rings is 2. The average Bonchev–Trinajstić information content (AvgIpc) is 3.02. The Morgan fingerprint density at radius 3 is 2.00 bits per heavy atom. The Balaban J connectivity index is 1.94. The lowest BCUT2D eigenvalue weighted by atomic mass is 10.0. The molecule has 4 amide bonds. The highest BCUT2D eigenvalue weighted by Crippen LogP contribution is 2.32. The predicted molar refractivity (Wildman–Crippen MR) is 106 cm³/mol. The molecule has 0 unspecified atom stereocenters. The molecule has 0 bridgehead atoms. The van der Waals surface area contributed by atoms with Gasteiger partial charge in [-0.3, -0.25) is 20.2 Å². The highest BCUT2D eigenvalue weighted by atomic mass is 16.2. The predicted octanol–water partition coefficient (Wildman–Crippen LogP) is 3.20. The Morgan fingerprint density at radius 2 is 1.39 bits per heavy atom. The van der Waals surface area contributed by atoms with Crippen molar-refractivity contribution >= 4 is 23.9 Å². The molecule has 6 nitrogen and oxygen atoms in total. The summed E-state index contributed by atoms with van der Waals surface area (Å²) in [5.74, 6) is -1.42. The third kappa shape index (κ3) is 3.12. The number of amides is 4. The largest absolute Gasteiger partial charge is 0.328 e. The topological polar surface area (TPSA) is 80.2 Å². The summed E-state index contributed by atoms with van der Waals surface area (Å²) in [5.41, 5.74) is 4.32. The van der Waals surface area contributed by atoms with E-state index in [4.69, 9.17) is 0 Å². The third-order valence-corrected chi connectivity index (χ3v) is 4.52. The molecule has 0 spiro atoms. The van der Waals surface area contributed by atoms with Crippen molar-refractivity contribution in [3.8, 4) is 16.9 Å². The second kappa shape index (κ2) is 7.00.